The molecule has 5 heteroatoms. The van der Waals surface area contributed by atoms with Gasteiger partial charge in [-0.05, 0) is 42.9 Å². The average molecular weight is 397 g/mol. The molecular weight excluding hydrogens is 376 g/mol. The Morgan fingerprint density at radius 3 is 2.65 bits per heavy atom. The first-order valence-corrected chi connectivity index (χ1v) is 9.48. The van der Waals surface area contributed by atoms with Crippen molar-refractivity contribution in [1.82, 2.24) is 0 Å². The highest BCUT2D eigenvalue weighted by Gasteiger charge is 2.60. The molecule has 124 valence electrons. The van der Waals surface area contributed by atoms with Crippen molar-refractivity contribution >= 4 is 32.8 Å². The maximum Gasteiger partial charge on any atom is 0.231 e. The molecule has 0 spiro atoms. The van der Waals surface area contributed by atoms with Crippen molar-refractivity contribution in [3.8, 4) is 11.5 Å². The smallest absolute Gasteiger partial charge is 0.231 e. The summed E-state index contributed by atoms with van der Waals surface area (Å²) in [6.07, 6.45) is 2.24. The van der Waals surface area contributed by atoms with Crippen molar-refractivity contribution in [2.24, 2.45) is 17.3 Å². The van der Waals surface area contributed by atoms with E-state index in [0.717, 1.165) is 21.5 Å². The van der Waals surface area contributed by atoms with Crippen molar-refractivity contribution in [1.29, 1.82) is 0 Å². The molecule has 2 atom stereocenters. The summed E-state index contributed by atoms with van der Waals surface area (Å²) < 4.78 is 11.7. The highest BCUT2D eigenvalue weighted by Crippen LogP contribution is 2.61. The van der Waals surface area contributed by atoms with Crippen molar-refractivity contribution in [3.05, 3.63) is 33.8 Å². The minimum absolute atomic E-state index is 0.0769. The van der Waals surface area contributed by atoms with Crippen LogP contribution < -0.4 is 9.47 Å². The van der Waals surface area contributed by atoms with E-state index in [1.165, 1.54) is 17.3 Å². The molecule has 0 amide bonds. The van der Waals surface area contributed by atoms with Crippen LogP contribution in [0, 0.1) is 17.3 Å². The predicted molar refractivity (Wildman–Crippen MR) is 96.8 cm³/mol. The molecule has 1 saturated carbocycles. The van der Waals surface area contributed by atoms with Crippen molar-refractivity contribution < 1.29 is 14.3 Å². The molecule has 0 radical (unpaired) electrons. The highest BCUT2D eigenvalue weighted by atomic mass is 79.9. The quantitative estimate of drug-likeness (QED) is 0.657. The molecule has 0 N–H and O–H groups in total. The Labute approximate surface area is 149 Å². The summed E-state index contributed by atoms with van der Waals surface area (Å²) in [4.78, 5) is 12.6. The number of thioether (sulfide) groups is 1. The Morgan fingerprint density at radius 2 is 2.00 bits per heavy atom. The Kier molecular flexibility index (Phi) is 4.53. The largest absolute Gasteiger partial charge is 0.454 e. The van der Waals surface area contributed by atoms with Crippen LogP contribution in [0.3, 0.4) is 0 Å². The first-order valence-electron chi connectivity index (χ1n) is 7.70. The Bertz CT molecular complexity index is 677. The van der Waals surface area contributed by atoms with Gasteiger partial charge in [0, 0.05) is 16.1 Å². The van der Waals surface area contributed by atoms with E-state index >= 15 is 0 Å². The number of rotatable bonds is 4. The molecule has 3 rings (SSSR count). The summed E-state index contributed by atoms with van der Waals surface area (Å²) in [5.74, 6) is 2.64. The maximum absolute atomic E-state index is 12.6. The first kappa shape index (κ1) is 16.9. The molecule has 1 fully saturated rings. The zero-order valence-corrected chi connectivity index (χ0v) is 16.2. The fourth-order valence-electron chi connectivity index (χ4n) is 3.11. The van der Waals surface area contributed by atoms with E-state index in [4.69, 9.17) is 9.47 Å². The van der Waals surface area contributed by atoms with Crippen LogP contribution in [0.2, 0.25) is 0 Å². The van der Waals surface area contributed by atoms with E-state index < -0.39 is 0 Å². The minimum Gasteiger partial charge on any atom is -0.454 e. The fourth-order valence-corrected chi connectivity index (χ4v) is 4.92. The van der Waals surface area contributed by atoms with Crippen LogP contribution in [0.5, 0.6) is 11.5 Å². The average Bonchev–Trinajstić information content (AvgIpc) is 2.82. The van der Waals surface area contributed by atoms with Crippen molar-refractivity contribution in [2.75, 3.05) is 6.79 Å². The number of benzene rings is 1. The van der Waals surface area contributed by atoms with Gasteiger partial charge in [0.05, 0.1) is 0 Å². The molecule has 1 heterocycles. The van der Waals surface area contributed by atoms with E-state index in [2.05, 4.69) is 49.7 Å². The normalized spacial score (nSPS) is 23.5. The lowest BCUT2D eigenvalue weighted by Gasteiger charge is -2.06. The van der Waals surface area contributed by atoms with Gasteiger partial charge >= 0.3 is 0 Å². The van der Waals surface area contributed by atoms with Gasteiger partial charge in [-0.3, -0.25) is 4.79 Å². The number of hydrogen-bond donors (Lipinski definition) is 0. The van der Waals surface area contributed by atoms with Gasteiger partial charge in [-0.15, -0.1) is 0 Å². The van der Waals surface area contributed by atoms with Crippen LogP contribution in [0.1, 0.15) is 33.3 Å². The van der Waals surface area contributed by atoms with Crippen LogP contribution in [0.25, 0.3) is 0 Å². The molecule has 1 aromatic carbocycles. The maximum atomic E-state index is 12.6. The highest BCUT2D eigenvalue weighted by molar-refractivity contribution is 9.10. The summed E-state index contributed by atoms with van der Waals surface area (Å²) in [7, 11) is 0. The molecule has 23 heavy (non-hydrogen) atoms. The standard InChI is InChI=1S/C18H21BrO3S/c1-10(2)5-12-16(18(12,3)4)17(20)23-8-11-6-14-15(7-13(11)19)22-9-21-14/h5-7,12,16H,8-9H2,1-4H3/t12-,16-/m0/s1. The number of allylic oxidation sites excluding steroid dienone is 2. The van der Waals surface area contributed by atoms with Crippen LogP contribution in [-0.2, 0) is 10.5 Å². The second-order valence-corrected chi connectivity index (χ2v) is 8.81. The Balaban J connectivity index is 1.65. The van der Waals surface area contributed by atoms with Gasteiger partial charge in [-0.2, -0.15) is 0 Å². The second kappa shape index (κ2) is 6.17. The third kappa shape index (κ3) is 3.31. The SMILES string of the molecule is CC(C)=C[C@H]1[C@@H](C(=O)SCc2cc3c(cc2Br)OCO3)C1(C)C. The van der Waals surface area contributed by atoms with Gasteiger partial charge in [-0.1, -0.05) is 53.2 Å². The predicted octanol–water partition coefficient (Wildman–Crippen LogP) is 5.18. The van der Waals surface area contributed by atoms with Crippen LogP contribution >= 0.6 is 27.7 Å². The van der Waals surface area contributed by atoms with Crippen LogP contribution in [-0.4, -0.2) is 11.9 Å². The molecule has 1 aliphatic heterocycles. The third-order valence-corrected chi connectivity index (χ3v) is 6.32. The Hall–Kier alpha value is -0.940. The number of fused-ring (bicyclic) bond motifs is 1. The van der Waals surface area contributed by atoms with E-state index in [-0.39, 0.29) is 23.2 Å². The summed E-state index contributed by atoms with van der Waals surface area (Å²) in [6.45, 7) is 8.80. The third-order valence-electron chi connectivity index (χ3n) is 4.59. The van der Waals surface area contributed by atoms with Gasteiger partial charge in [-0.25, -0.2) is 0 Å². The number of carbonyl (C=O) groups is 1. The number of halogens is 1. The zero-order chi connectivity index (χ0) is 16.8. The lowest BCUT2D eigenvalue weighted by Crippen LogP contribution is -2.02. The van der Waals surface area contributed by atoms with E-state index in [9.17, 15) is 4.79 Å². The molecule has 0 aromatic heterocycles. The van der Waals surface area contributed by atoms with Gasteiger partial charge < -0.3 is 9.47 Å². The van der Waals surface area contributed by atoms with Crippen molar-refractivity contribution in [3.63, 3.8) is 0 Å². The summed E-state index contributed by atoms with van der Waals surface area (Å²) in [5.41, 5.74) is 2.42. The van der Waals surface area contributed by atoms with Crippen LogP contribution in [0.15, 0.2) is 28.3 Å². The van der Waals surface area contributed by atoms with Crippen molar-refractivity contribution in [2.45, 2.75) is 33.4 Å². The number of carbonyl (C=O) groups excluding carboxylic acids is 1. The Morgan fingerprint density at radius 1 is 1.35 bits per heavy atom. The summed E-state index contributed by atoms with van der Waals surface area (Å²) in [6, 6.07) is 3.87. The van der Waals surface area contributed by atoms with Gasteiger partial charge in [0.2, 0.25) is 6.79 Å². The van der Waals surface area contributed by atoms with E-state index in [0.29, 0.717) is 11.7 Å². The topological polar surface area (TPSA) is 35.5 Å². The number of ether oxygens (including phenoxy) is 2. The molecule has 0 saturated heterocycles. The van der Waals surface area contributed by atoms with E-state index in [1.54, 1.807) is 0 Å². The van der Waals surface area contributed by atoms with Gasteiger partial charge in [0.1, 0.15) is 0 Å². The fraction of sp³-hybridized carbons (Fsp3) is 0.500. The molecule has 2 aliphatic rings. The molecule has 3 nitrogen and oxygen atoms in total. The molecule has 1 aromatic rings. The van der Waals surface area contributed by atoms with Gasteiger partial charge in [0.15, 0.2) is 16.6 Å². The van der Waals surface area contributed by atoms with Gasteiger partial charge in [0.25, 0.3) is 0 Å². The molecular formula is C18H21BrO3S. The lowest BCUT2D eigenvalue weighted by atomic mass is 10.1. The van der Waals surface area contributed by atoms with Crippen LogP contribution in [0.4, 0.5) is 0 Å². The van der Waals surface area contributed by atoms with E-state index in [1.807, 2.05) is 12.1 Å². The zero-order valence-electron chi connectivity index (χ0n) is 13.8. The summed E-state index contributed by atoms with van der Waals surface area (Å²) >= 11 is 4.95. The monoisotopic (exact) mass is 396 g/mol. The molecule has 0 unspecified atom stereocenters. The first-order chi connectivity index (χ1) is 10.8. The molecule has 1 aliphatic carbocycles. The number of hydrogen-bond acceptors (Lipinski definition) is 4. The minimum atomic E-state index is 0.0769. The summed E-state index contributed by atoms with van der Waals surface area (Å²) in [5, 5.41) is 0.280. The molecule has 0 bridgehead atoms. The second-order valence-electron chi connectivity index (χ2n) is 6.97. The lowest BCUT2D eigenvalue weighted by molar-refractivity contribution is -0.112.